The lowest BCUT2D eigenvalue weighted by Crippen LogP contribution is -2.51. The molecule has 3 saturated carbocycles. The molecule has 1 aliphatic heterocycles. The molecule has 1 amide bonds. The number of carbonyl (C=O) groups is 1. The Morgan fingerprint density at radius 3 is 2.74 bits per heavy atom. The molecule has 1 saturated heterocycles. The monoisotopic (exact) mass is 485 g/mol. The molecule has 0 aromatic carbocycles. The number of carbonyl (C=O) groups excluding carboxylic acids is 1. The van der Waals surface area contributed by atoms with Crippen molar-refractivity contribution in [2.45, 2.75) is 97.6 Å². The van der Waals surface area contributed by atoms with Crippen molar-refractivity contribution in [2.75, 3.05) is 20.1 Å². The molecular weight excluding hydrogens is 438 g/mol. The predicted molar refractivity (Wildman–Crippen MR) is 139 cm³/mol. The third kappa shape index (κ3) is 4.47. The first kappa shape index (κ1) is 25.3. The maximum atomic E-state index is 12.6. The topological polar surface area (TPSA) is 74.2 Å². The molecule has 2 N–H and O–H groups in total. The van der Waals surface area contributed by atoms with Crippen LogP contribution in [-0.2, 0) is 4.84 Å². The number of hydrogen-bond donors (Lipinski definition) is 2. The highest BCUT2D eigenvalue weighted by molar-refractivity contribution is 5.85. The van der Waals surface area contributed by atoms with Crippen LogP contribution < -0.4 is 5.32 Å². The van der Waals surface area contributed by atoms with E-state index < -0.39 is 0 Å². The molecule has 4 fully saturated rings. The molecule has 0 aromatic rings. The summed E-state index contributed by atoms with van der Waals surface area (Å²) < 4.78 is 0. The van der Waals surface area contributed by atoms with Crippen LogP contribution in [0.4, 0.5) is 4.79 Å². The Morgan fingerprint density at radius 2 is 2.00 bits per heavy atom. The molecule has 0 bridgehead atoms. The van der Waals surface area contributed by atoms with E-state index in [-0.39, 0.29) is 23.0 Å². The van der Waals surface area contributed by atoms with E-state index in [0.29, 0.717) is 24.4 Å². The number of likely N-dealkylation sites (N-methyl/N-ethyl adjacent to an activating group) is 1. The molecular formula is C29H47N3O3. The fraction of sp³-hybridized carbons (Fsp3) is 0.862. The first-order valence-electron chi connectivity index (χ1n) is 14.2. The standard InChI is InChI=1S/C29H47N3O3/c1-18-14-21(30-16-18)17-32(5)27(34)35-31-19(2)24-8-9-25-23-7-6-20-15-22(33)10-12-28(20,3)26(23)11-13-29(24,25)4/h15,18,21-26,30,33H,6-14,16-17H2,1-5H3/b31-19+/t18?,21?,22-,23-,24+,25-,26-,28-,29+/m0/s1. The van der Waals surface area contributed by atoms with Crippen LogP contribution in [0.3, 0.4) is 0 Å². The minimum Gasteiger partial charge on any atom is -0.389 e. The molecule has 0 spiro atoms. The second-order valence-corrected chi connectivity index (χ2v) is 13.2. The third-order valence-corrected chi connectivity index (χ3v) is 11.1. The van der Waals surface area contributed by atoms with Crippen LogP contribution in [-0.4, -0.2) is 54.1 Å². The second kappa shape index (κ2) is 9.48. The average molecular weight is 486 g/mol. The van der Waals surface area contributed by atoms with Gasteiger partial charge in [-0.05, 0) is 106 Å². The fourth-order valence-electron chi connectivity index (χ4n) is 9.20. The van der Waals surface area contributed by atoms with Crippen LogP contribution in [0.15, 0.2) is 16.8 Å². The van der Waals surface area contributed by atoms with Crippen molar-refractivity contribution in [3.63, 3.8) is 0 Å². The van der Waals surface area contributed by atoms with Crippen LogP contribution in [0, 0.1) is 40.4 Å². The molecule has 5 aliphatic rings. The normalized spacial score (nSPS) is 45.3. The first-order chi connectivity index (χ1) is 16.6. The van der Waals surface area contributed by atoms with E-state index in [9.17, 15) is 9.90 Å². The van der Waals surface area contributed by atoms with Gasteiger partial charge in [-0.1, -0.05) is 37.6 Å². The molecule has 2 unspecified atom stereocenters. The van der Waals surface area contributed by atoms with Gasteiger partial charge in [0.2, 0.25) is 0 Å². The zero-order chi connectivity index (χ0) is 25.0. The summed E-state index contributed by atoms with van der Waals surface area (Å²) in [6, 6.07) is 0.345. The number of aliphatic hydroxyl groups is 1. The maximum Gasteiger partial charge on any atom is 0.435 e. The summed E-state index contributed by atoms with van der Waals surface area (Å²) in [5.74, 6) is 3.27. The van der Waals surface area contributed by atoms with E-state index in [1.165, 1.54) is 31.3 Å². The summed E-state index contributed by atoms with van der Waals surface area (Å²) in [4.78, 5) is 19.7. The van der Waals surface area contributed by atoms with Gasteiger partial charge in [0.05, 0.1) is 11.8 Å². The zero-order valence-corrected chi connectivity index (χ0v) is 22.6. The highest BCUT2D eigenvalue weighted by Crippen LogP contribution is 2.66. The minimum atomic E-state index is -0.354. The number of amides is 1. The first-order valence-corrected chi connectivity index (χ1v) is 14.2. The van der Waals surface area contributed by atoms with Gasteiger partial charge >= 0.3 is 6.09 Å². The van der Waals surface area contributed by atoms with E-state index in [2.05, 4.69) is 44.2 Å². The summed E-state index contributed by atoms with van der Waals surface area (Å²) in [5.41, 5.74) is 3.04. The lowest BCUT2D eigenvalue weighted by atomic mass is 9.46. The molecule has 35 heavy (non-hydrogen) atoms. The molecule has 196 valence electrons. The van der Waals surface area contributed by atoms with Gasteiger partial charge in [-0.25, -0.2) is 4.79 Å². The number of aliphatic hydroxyl groups excluding tert-OH is 1. The number of oxime groups is 1. The average Bonchev–Trinajstić information content (AvgIpc) is 3.39. The zero-order valence-electron chi connectivity index (χ0n) is 22.6. The van der Waals surface area contributed by atoms with Gasteiger partial charge in [-0.3, -0.25) is 4.84 Å². The van der Waals surface area contributed by atoms with Gasteiger partial charge in [0.1, 0.15) is 0 Å². The highest BCUT2D eigenvalue weighted by atomic mass is 16.7. The molecule has 5 rings (SSSR count). The van der Waals surface area contributed by atoms with Gasteiger partial charge in [-0.2, -0.15) is 0 Å². The Bertz CT molecular complexity index is 886. The van der Waals surface area contributed by atoms with Crippen molar-refractivity contribution >= 4 is 11.8 Å². The van der Waals surface area contributed by atoms with E-state index in [0.717, 1.165) is 62.1 Å². The Balaban J connectivity index is 1.23. The second-order valence-electron chi connectivity index (χ2n) is 13.2. The maximum absolute atomic E-state index is 12.6. The summed E-state index contributed by atoms with van der Waals surface area (Å²) in [6.07, 6.45) is 12.0. The Hall–Kier alpha value is -1.40. The summed E-state index contributed by atoms with van der Waals surface area (Å²) in [7, 11) is 1.81. The Morgan fingerprint density at radius 1 is 1.20 bits per heavy atom. The van der Waals surface area contributed by atoms with Gasteiger partial charge < -0.3 is 15.3 Å². The number of allylic oxidation sites excluding steroid dienone is 1. The van der Waals surface area contributed by atoms with Crippen molar-refractivity contribution in [2.24, 2.45) is 45.6 Å². The lowest BCUT2D eigenvalue weighted by Gasteiger charge is -2.58. The third-order valence-electron chi connectivity index (χ3n) is 11.1. The molecule has 6 nitrogen and oxygen atoms in total. The number of nitrogens with one attached hydrogen (secondary N) is 1. The van der Waals surface area contributed by atoms with E-state index in [1.54, 1.807) is 4.90 Å². The predicted octanol–water partition coefficient (Wildman–Crippen LogP) is 5.37. The van der Waals surface area contributed by atoms with Crippen LogP contribution >= 0.6 is 0 Å². The largest absolute Gasteiger partial charge is 0.435 e. The SMILES string of the molecule is C/C(=N\OC(=O)N(C)CC1CC(C)CN1)[C@H]1CC[C@H]2[C@@H]3CCC4=C[C@@H](O)CC[C@]4(C)[C@H]3CC[C@]12C. The Labute approximate surface area is 211 Å². The van der Waals surface area contributed by atoms with E-state index >= 15 is 0 Å². The number of hydrogen-bond acceptors (Lipinski definition) is 5. The van der Waals surface area contributed by atoms with Crippen molar-refractivity contribution < 1.29 is 14.7 Å². The van der Waals surface area contributed by atoms with Crippen LogP contribution in [0.5, 0.6) is 0 Å². The van der Waals surface area contributed by atoms with Gasteiger partial charge in [0.25, 0.3) is 0 Å². The number of nitrogens with zero attached hydrogens (tertiary/aromatic N) is 2. The molecule has 4 aliphatic carbocycles. The summed E-state index contributed by atoms with van der Waals surface area (Å²) >= 11 is 0. The summed E-state index contributed by atoms with van der Waals surface area (Å²) in [6.45, 7) is 11.0. The van der Waals surface area contributed by atoms with Gasteiger partial charge in [0.15, 0.2) is 0 Å². The molecule has 0 aromatic heterocycles. The smallest absolute Gasteiger partial charge is 0.389 e. The van der Waals surface area contributed by atoms with Crippen LogP contribution in [0.2, 0.25) is 0 Å². The van der Waals surface area contributed by atoms with Crippen molar-refractivity contribution in [3.8, 4) is 0 Å². The number of fused-ring (bicyclic) bond motifs is 5. The van der Waals surface area contributed by atoms with Crippen molar-refractivity contribution in [1.29, 1.82) is 0 Å². The van der Waals surface area contributed by atoms with Crippen LogP contribution in [0.1, 0.15) is 85.5 Å². The fourth-order valence-corrected chi connectivity index (χ4v) is 9.20. The van der Waals surface area contributed by atoms with E-state index in [1.807, 2.05) is 7.05 Å². The van der Waals surface area contributed by atoms with Crippen molar-refractivity contribution in [3.05, 3.63) is 11.6 Å². The molecule has 6 heteroatoms. The summed E-state index contributed by atoms with van der Waals surface area (Å²) in [5, 5.41) is 18.1. The van der Waals surface area contributed by atoms with Crippen LogP contribution in [0.25, 0.3) is 0 Å². The number of rotatable bonds is 4. The van der Waals surface area contributed by atoms with Gasteiger partial charge in [0, 0.05) is 25.6 Å². The highest BCUT2D eigenvalue weighted by Gasteiger charge is 2.59. The van der Waals surface area contributed by atoms with E-state index in [4.69, 9.17) is 4.84 Å². The Kier molecular flexibility index (Phi) is 6.84. The van der Waals surface area contributed by atoms with Crippen molar-refractivity contribution in [1.82, 2.24) is 10.2 Å². The minimum absolute atomic E-state index is 0.238. The van der Waals surface area contributed by atoms with Gasteiger partial charge in [-0.15, -0.1) is 0 Å². The quantitative estimate of drug-likeness (QED) is 0.243. The molecule has 0 radical (unpaired) electrons. The molecule has 1 heterocycles. The lowest BCUT2D eigenvalue weighted by molar-refractivity contribution is -0.0479. The molecule has 9 atom stereocenters.